The van der Waals surface area contributed by atoms with E-state index in [-0.39, 0.29) is 5.91 Å². The van der Waals surface area contributed by atoms with Crippen LogP contribution in [0.3, 0.4) is 0 Å². The first kappa shape index (κ1) is 17.3. The molecular weight excluding hydrogens is 358 g/mol. The number of amides is 1. The van der Waals surface area contributed by atoms with Crippen LogP contribution in [0, 0.1) is 0 Å². The van der Waals surface area contributed by atoms with Gasteiger partial charge >= 0.3 is 0 Å². The Labute approximate surface area is 162 Å². The van der Waals surface area contributed by atoms with Crippen molar-refractivity contribution in [2.45, 2.75) is 6.54 Å². The lowest BCUT2D eigenvalue weighted by Gasteiger charge is -2.18. The highest BCUT2D eigenvalue weighted by atomic mass is 35.5. The zero-order valence-electron chi connectivity index (χ0n) is 14.8. The van der Waals surface area contributed by atoms with E-state index in [1.54, 1.807) is 18.1 Å². The van der Waals surface area contributed by atoms with Gasteiger partial charge in [0.15, 0.2) is 0 Å². The summed E-state index contributed by atoms with van der Waals surface area (Å²) in [6, 6.07) is 21.3. The fourth-order valence-electron chi connectivity index (χ4n) is 3.12. The highest BCUT2D eigenvalue weighted by Crippen LogP contribution is 2.30. The Morgan fingerprint density at radius 3 is 2.56 bits per heavy atom. The molecule has 134 valence electrons. The van der Waals surface area contributed by atoms with E-state index in [4.69, 9.17) is 11.6 Å². The second kappa shape index (κ2) is 7.25. The minimum atomic E-state index is -0.136. The van der Waals surface area contributed by atoms with E-state index in [2.05, 4.69) is 4.98 Å². The smallest absolute Gasteiger partial charge is 0.274 e. The van der Waals surface area contributed by atoms with Gasteiger partial charge in [-0.25, -0.2) is 4.98 Å². The minimum absolute atomic E-state index is 0.136. The summed E-state index contributed by atoms with van der Waals surface area (Å²) in [5.74, 6) is -0.136. The molecule has 2 aromatic carbocycles. The molecule has 1 amide bonds. The molecule has 0 atom stereocenters. The second-order valence-corrected chi connectivity index (χ2v) is 6.81. The third kappa shape index (κ3) is 3.44. The second-order valence-electron chi connectivity index (χ2n) is 6.40. The molecule has 0 saturated heterocycles. The molecule has 4 nitrogen and oxygen atoms in total. The van der Waals surface area contributed by atoms with Crippen LogP contribution in [-0.4, -0.2) is 27.2 Å². The number of halogens is 1. The first-order valence-corrected chi connectivity index (χ1v) is 9.03. The fraction of sp³-hybridized carbons (Fsp3) is 0.0909. The molecule has 2 aromatic heterocycles. The summed E-state index contributed by atoms with van der Waals surface area (Å²) in [6.07, 6.45) is 3.67. The largest absolute Gasteiger partial charge is 0.336 e. The van der Waals surface area contributed by atoms with Gasteiger partial charge in [-0.1, -0.05) is 60.1 Å². The number of aromatic nitrogens is 2. The number of rotatable bonds is 4. The van der Waals surface area contributed by atoms with Gasteiger partial charge in [-0.2, -0.15) is 0 Å². The number of hydrogen-bond acceptors (Lipinski definition) is 2. The van der Waals surface area contributed by atoms with Crippen molar-refractivity contribution in [1.29, 1.82) is 0 Å². The summed E-state index contributed by atoms with van der Waals surface area (Å²) in [7, 11) is 1.78. The third-order valence-corrected chi connectivity index (χ3v) is 4.80. The van der Waals surface area contributed by atoms with Gasteiger partial charge in [0.1, 0.15) is 5.69 Å². The number of hydrogen-bond donors (Lipinski definition) is 0. The number of benzene rings is 2. The summed E-state index contributed by atoms with van der Waals surface area (Å²) in [6.45, 7) is 0.520. The number of nitrogens with zero attached hydrogens (tertiary/aromatic N) is 3. The van der Waals surface area contributed by atoms with Crippen molar-refractivity contribution < 1.29 is 4.79 Å². The zero-order chi connectivity index (χ0) is 18.8. The van der Waals surface area contributed by atoms with Crippen molar-refractivity contribution >= 4 is 23.0 Å². The van der Waals surface area contributed by atoms with Crippen LogP contribution in [0.15, 0.2) is 79.1 Å². The summed E-state index contributed by atoms with van der Waals surface area (Å²) in [5, 5.41) is 0.607. The van der Waals surface area contributed by atoms with Gasteiger partial charge in [-0.3, -0.25) is 4.79 Å². The van der Waals surface area contributed by atoms with E-state index >= 15 is 0 Å². The Morgan fingerprint density at radius 2 is 1.78 bits per heavy atom. The Hall–Kier alpha value is -3.11. The number of carbonyl (C=O) groups excluding carboxylic acids is 1. The fourth-order valence-corrected chi connectivity index (χ4v) is 3.35. The minimum Gasteiger partial charge on any atom is -0.336 e. The predicted molar refractivity (Wildman–Crippen MR) is 108 cm³/mol. The van der Waals surface area contributed by atoms with Gasteiger partial charge in [-0.05, 0) is 23.8 Å². The summed E-state index contributed by atoms with van der Waals surface area (Å²) >= 11 is 6.38. The maximum absolute atomic E-state index is 13.0. The van der Waals surface area contributed by atoms with Crippen molar-refractivity contribution in [3.05, 3.63) is 95.4 Å². The summed E-state index contributed by atoms with van der Waals surface area (Å²) in [5.41, 5.74) is 3.87. The van der Waals surface area contributed by atoms with Gasteiger partial charge < -0.3 is 9.30 Å². The molecule has 0 aliphatic heterocycles. The Morgan fingerprint density at radius 1 is 1.04 bits per heavy atom. The van der Waals surface area contributed by atoms with Gasteiger partial charge in [0.05, 0.1) is 16.2 Å². The van der Waals surface area contributed by atoms with Crippen LogP contribution in [0.4, 0.5) is 0 Å². The van der Waals surface area contributed by atoms with Gasteiger partial charge in [0.2, 0.25) is 0 Å². The molecule has 4 rings (SSSR count). The first-order valence-electron chi connectivity index (χ1n) is 8.65. The van der Waals surface area contributed by atoms with E-state index in [1.165, 1.54) is 0 Å². The normalized spacial score (nSPS) is 10.9. The van der Waals surface area contributed by atoms with Gasteiger partial charge in [0, 0.05) is 31.5 Å². The Kier molecular flexibility index (Phi) is 4.65. The van der Waals surface area contributed by atoms with E-state index < -0.39 is 0 Å². The lowest BCUT2D eigenvalue weighted by molar-refractivity contribution is 0.0779. The quantitative estimate of drug-likeness (QED) is 0.507. The van der Waals surface area contributed by atoms with E-state index in [1.807, 2.05) is 77.3 Å². The van der Waals surface area contributed by atoms with Crippen LogP contribution >= 0.6 is 11.6 Å². The molecule has 0 bridgehead atoms. The highest BCUT2D eigenvalue weighted by molar-refractivity contribution is 6.33. The molecule has 5 heteroatoms. The number of carbonyl (C=O) groups is 1. The number of fused-ring (bicyclic) bond motifs is 1. The maximum Gasteiger partial charge on any atom is 0.274 e. The molecular formula is C22H18ClN3O. The van der Waals surface area contributed by atoms with E-state index in [9.17, 15) is 4.79 Å². The third-order valence-electron chi connectivity index (χ3n) is 4.47. The Bertz CT molecular complexity index is 1100. The maximum atomic E-state index is 13.0. The molecule has 0 saturated carbocycles. The molecule has 0 aliphatic carbocycles. The highest BCUT2D eigenvalue weighted by Gasteiger charge is 2.18. The molecule has 0 N–H and O–H groups in total. The average Bonchev–Trinajstić information content (AvgIpc) is 3.16. The Balaban J connectivity index is 1.74. The molecule has 0 unspecified atom stereocenters. The van der Waals surface area contributed by atoms with Crippen molar-refractivity contribution in [2.24, 2.45) is 0 Å². The topological polar surface area (TPSA) is 37.6 Å². The van der Waals surface area contributed by atoms with Gasteiger partial charge in [0.25, 0.3) is 5.91 Å². The monoisotopic (exact) mass is 375 g/mol. The summed E-state index contributed by atoms with van der Waals surface area (Å²) in [4.78, 5) is 19.3. The van der Waals surface area contributed by atoms with Crippen molar-refractivity contribution in [3.8, 4) is 11.3 Å². The van der Waals surface area contributed by atoms with Crippen LogP contribution in [0.1, 0.15) is 16.1 Å². The average molecular weight is 376 g/mol. The van der Waals surface area contributed by atoms with Gasteiger partial charge in [-0.15, -0.1) is 0 Å². The van der Waals surface area contributed by atoms with Crippen LogP contribution < -0.4 is 0 Å². The molecule has 0 aliphatic rings. The summed E-state index contributed by atoms with van der Waals surface area (Å²) < 4.78 is 1.91. The SMILES string of the molecule is CN(Cc1ccccc1)C(=O)c1cn2cccc2c(-c2ccccc2Cl)n1. The predicted octanol–water partition coefficient (Wildman–Crippen LogP) is 4.93. The van der Waals surface area contributed by atoms with Crippen LogP contribution in [0.25, 0.3) is 16.8 Å². The van der Waals surface area contributed by atoms with Crippen LogP contribution in [0.2, 0.25) is 5.02 Å². The van der Waals surface area contributed by atoms with Crippen molar-refractivity contribution in [2.75, 3.05) is 7.05 Å². The standard InChI is InChI=1S/C22H18ClN3O/c1-25(14-16-8-3-2-4-9-16)22(27)19-15-26-13-7-12-20(26)21(24-19)17-10-5-6-11-18(17)23/h2-13,15H,14H2,1H3. The molecule has 27 heavy (non-hydrogen) atoms. The van der Waals surface area contributed by atoms with Crippen LogP contribution in [0.5, 0.6) is 0 Å². The molecule has 0 radical (unpaired) electrons. The molecule has 0 spiro atoms. The van der Waals surface area contributed by atoms with Crippen molar-refractivity contribution in [1.82, 2.24) is 14.3 Å². The molecule has 2 heterocycles. The van der Waals surface area contributed by atoms with E-state index in [0.29, 0.717) is 23.0 Å². The van der Waals surface area contributed by atoms with Crippen molar-refractivity contribution in [3.63, 3.8) is 0 Å². The van der Waals surface area contributed by atoms with E-state index in [0.717, 1.165) is 16.6 Å². The molecule has 0 fully saturated rings. The van der Waals surface area contributed by atoms with Crippen LogP contribution in [-0.2, 0) is 6.54 Å². The molecule has 4 aromatic rings. The lowest BCUT2D eigenvalue weighted by Crippen LogP contribution is -2.27. The lowest BCUT2D eigenvalue weighted by atomic mass is 10.1. The first-order chi connectivity index (χ1) is 13.1. The zero-order valence-corrected chi connectivity index (χ0v) is 15.6.